The number of halogens is 1. The molecule has 0 spiro atoms. The van der Waals surface area contributed by atoms with Crippen molar-refractivity contribution in [1.29, 1.82) is 0 Å². The van der Waals surface area contributed by atoms with E-state index in [1.807, 2.05) is 25.1 Å². The Morgan fingerprint density at radius 3 is 2.46 bits per heavy atom. The highest BCUT2D eigenvalue weighted by Gasteiger charge is 2.37. The molecule has 1 aromatic heterocycles. The summed E-state index contributed by atoms with van der Waals surface area (Å²) in [5, 5.41) is 2.06. The number of carbonyl (C=O) groups is 1. The maximum atomic E-state index is 14.1. The van der Waals surface area contributed by atoms with E-state index in [-0.39, 0.29) is 47.2 Å². The van der Waals surface area contributed by atoms with Gasteiger partial charge in [-0.3, -0.25) is 9.69 Å². The summed E-state index contributed by atoms with van der Waals surface area (Å²) in [6.45, 7) is 9.96. The van der Waals surface area contributed by atoms with Gasteiger partial charge in [-0.25, -0.2) is 12.8 Å². The van der Waals surface area contributed by atoms with Gasteiger partial charge in [-0.1, -0.05) is 45.0 Å². The Morgan fingerprint density at radius 1 is 1.05 bits per heavy atom. The van der Waals surface area contributed by atoms with Crippen LogP contribution < -0.4 is 0 Å². The molecule has 9 heteroatoms. The van der Waals surface area contributed by atoms with Crippen LogP contribution in [0.4, 0.5) is 4.39 Å². The molecular formula is C30H36FN3O3S2. The van der Waals surface area contributed by atoms with Crippen molar-refractivity contribution in [2.45, 2.75) is 56.5 Å². The maximum absolute atomic E-state index is 14.1. The summed E-state index contributed by atoms with van der Waals surface area (Å²) in [6, 6.07) is 15.3. The predicted molar refractivity (Wildman–Crippen MR) is 153 cm³/mol. The van der Waals surface area contributed by atoms with Crippen molar-refractivity contribution in [3.8, 4) is 0 Å². The highest BCUT2D eigenvalue weighted by atomic mass is 32.2. The summed E-state index contributed by atoms with van der Waals surface area (Å²) >= 11 is 1.70. The van der Waals surface area contributed by atoms with Crippen molar-refractivity contribution in [2.24, 2.45) is 0 Å². The van der Waals surface area contributed by atoms with Crippen LogP contribution in [0.15, 0.2) is 64.9 Å². The number of hydrogen-bond donors (Lipinski definition) is 0. The number of amides is 1. The summed E-state index contributed by atoms with van der Waals surface area (Å²) in [5.74, 6) is -0.325. The van der Waals surface area contributed by atoms with Crippen LogP contribution in [0, 0.1) is 5.82 Å². The average Bonchev–Trinajstić information content (AvgIpc) is 3.37. The van der Waals surface area contributed by atoms with Gasteiger partial charge in [-0.05, 0) is 71.2 Å². The molecule has 0 saturated carbocycles. The molecule has 2 aromatic carbocycles. The summed E-state index contributed by atoms with van der Waals surface area (Å²) in [7, 11) is -3.68. The van der Waals surface area contributed by atoms with Crippen LogP contribution in [-0.2, 0) is 26.7 Å². The van der Waals surface area contributed by atoms with Gasteiger partial charge in [0.25, 0.3) is 0 Å². The van der Waals surface area contributed by atoms with Gasteiger partial charge in [0.05, 0.1) is 17.5 Å². The molecule has 0 radical (unpaired) electrons. The number of hydrogen-bond acceptors (Lipinski definition) is 5. The quantitative estimate of drug-likeness (QED) is 0.431. The van der Waals surface area contributed by atoms with Crippen molar-refractivity contribution in [3.05, 3.63) is 87.4 Å². The number of rotatable bonds is 5. The van der Waals surface area contributed by atoms with Crippen molar-refractivity contribution in [1.82, 2.24) is 14.1 Å². The zero-order valence-electron chi connectivity index (χ0n) is 22.9. The summed E-state index contributed by atoms with van der Waals surface area (Å²) < 4.78 is 42.6. The topological polar surface area (TPSA) is 60.9 Å². The molecule has 6 nitrogen and oxygen atoms in total. The summed E-state index contributed by atoms with van der Waals surface area (Å²) in [5.41, 5.74) is 2.98. The van der Waals surface area contributed by atoms with E-state index >= 15 is 0 Å². The van der Waals surface area contributed by atoms with Gasteiger partial charge in [0.1, 0.15) is 5.82 Å². The smallest absolute Gasteiger partial charge is 0.243 e. The van der Waals surface area contributed by atoms with Gasteiger partial charge in [0.2, 0.25) is 15.9 Å². The van der Waals surface area contributed by atoms with Gasteiger partial charge in [-0.15, -0.1) is 11.3 Å². The number of nitrogens with zero attached hydrogens (tertiary/aromatic N) is 3. The zero-order valence-corrected chi connectivity index (χ0v) is 24.6. The Kier molecular flexibility index (Phi) is 7.72. The first-order chi connectivity index (χ1) is 18.4. The minimum atomic E-state index is -3.68. The Hall–Kier alpha value is -2.59. The third-order valence-corrected chi connectivity index (χ3v) is 10.8. The molecule has 1 amide bonds. The number of benzene rings is 2. The average molecular weight is 570 g/mol. The van der Waals surface area contributed by atoms with Crippen LogP contribution in [0.1, 0.15) is 55.3 Å². The lowest BCUT2D eigenvalue weighted by Crippen LogP contribution is -2.57. The number of fused-ring (bicyclic) bond motifs is 1. The summed E-state index contributed by atoms with van der Waals surface area (Å²) in [6.07, 6.45) is 0.850. The fraction of sp³-hybridized carbons (Fsp3) is 0.433. The second-order valence-electron chi connectivity index (χ2n) is 11.6. The van der Waals surface area contributed by atoms with Crippen molar-refractivity contribution in [2.75, 3.05) is 32.7 Å². The van der Waals surface area contributed by atoms with Gasteiger partial charge in [0.15, 0.2) is 0 Å². The monoisotopic (exact) mass is 569 g/mol. The molecule has 2 aliphatic heterocycles. The van der Waals surface area contributed by atoms with E-state index in [4.69, 9.17) is 0 Å². The third kappa shape index (κ3) is 5.68. The van der Waals surface area contributed by atoms with Gasteiger partial charge in [-0.2, -0.15) is 4.31 Å². The first kappa shape index (κ1) is 28.0. The van der Waals surface area contributed by atoms with E-state index in [2.05, 4.69) is 37.1 Å². The van der Waals surface area contributed by atoms with Gasteiger partial charge in [0, 0.05) is 37.1 Å². The van der Waals surface area contributed by atoms with E-state index in [9.17, 15) is 17.6 Å². The normalized spacial score (nSPS) is 21.1. The van der Waals surface area contributed by atoms with Gasteiger partial charge >= 0.3 is 0 Å². The number of thiophene rings is 1. The summed E-state index contributed by atoms with van der Waals surface area (Å²) in [4.78, 5) is 19.0. The zero-order chi connectivity index (χ0) is 27.9. The molecule has 2 aliphatic rings. The Labute approximate surface area is 235 Å². The molecule has 5 rings (SSSR count). The highest BCUT2D eigenvalue weighted by Crippen LogP contribution is 2.38. The lowest BCUT2D eigenvalue weighted by molar-refractivity contribution is -0.135. The van der Waals surface area contributed by atoms with E-state index in [0.717, 1.165) is 23.1 Å². The third-order valence-electron chi connectivity index (χ3n) is 7.81. The molecule has 0 aliphatic carbocycles. The van der Waals surface area contributed by atoms with Crippen LogP contribution in [0.2, 0.25) is 0 Å². The van der Waals surface area contributed by atoms with Crippen LogP contribution in [0.25, 0.3) is 0 Å². The molecule has 1 saturated heterocycles. The SMILES string of the molecule is CC1CN(C(=O)CN2CCc3sccc3C2c2cccc(F)c2)CCN1S(=O)(=O)c1ccc(C(C)(C)C)cc1. The number of piperazine rings is 1. The highest BCUT2D eigenvalue weighted by molar-refractivity contribution is 7.89. The second-order valence-corrected chi connectivity index (χ2v) is 14.4. The van der Waals surface area contributed by atoms with Gasteiger partial charge < -0.3 is 4.90 Å². The molecular weight excluding hydrogens is 533 g/mol. The fourth-order valence-electron chi connectivity index (χ4n) is 5.67. The molecule has 0 bridgehead atoms. The minimum Gasteiger partial charge on any atom is -0.339 e. The minimum absolute atomic E-state index is 0.0338. The Morgan fingerprint density at radius 2 is 1.79 bits per heavy atom. The van der Waals surface area contributed by atoms with Crippen LogP contribution in [0.3, 0.4) is 0 Å². The molecule has 2 unspecified atom stereocenters. The van der Waals surface area contributed by atoms with E-state index in [0.29, 0.717) is 19.6 Å². The number of carbonyl (C=O) groups excluding carboxylic acids is 1. The molecule has 208 valence electrons. The molecule has 3 aromatic rings. The van der Waals surface area contributed by atoms with Crippen molar-refractivity contribution >= 4 is 27.3 Å². The predicted octanol–water partition coefficient (Wildman–Crippen LogP) is 5.05. The second kappa shape index (κ2) is 10.8. The van der Waals surface area contributed by atoms with Crippen LogP contribution in [0.5, 0.6) is 0 Å². The van der Waals surface area contributed by atoms with Crippen LogP contribution >= 0.6 is 11.3 Å². The van der Waals surface area contributed by atoms with Crippen molar-refractivity contribution < 1.29 is 17.6 Å². The van der Waals surface area contributed by atoms with E-state index in [1.165, 1.54) is 15.2 Å². The van der Waals surface area contributed by atoms with Crippen LogP contribution in [-0.4, -0.2) is 67.2 Å². The largest absolute Gasteiger partial charge is 0.339 e. The fourth-order valence-corrected chi connectivity index (χ4v) is 8.18. The first-order valence-corrected chi connectivity index (χ1v) is 15.7. The first-order valence-electron chi connectivity index (χ1n) is 13.4. The van der Waals surface area contributed by atoms with E-state index < -0.39 is 10.0 Å². The molecule has 2 atom stereocenters. The molecule has 0 N–H and O–H groups in total. The molecule has 1 fully saturated rings. The standard InChI is InChI=1S/C30H36FN3O3S2/c1-21-19-32(15-16-34(21)39(36,37)25-10-8-23(9-11-25)30(2,3)4)28(35)20-33-14-12-27-26(13-17-38-27)29(33)22-6-5-7-24(31)18-22/h5-11,13,17-18,21,29H,12,14-16,19-20H2,1-4H3. The number of sulfonamides is 1. The molecule has 39 heavy (non-hydrogen) atoms. The lowest BCUT2D eigenvalue weighted by atomic mass is 9.87. The maximum Gasteiger partial charge on any atom is 0.243 e. The molecule has 3 heterocycles. The Bertz CT molecular complexity index is 1450. The Balaban J connectivity index is 1.28. The van der Waals surface area contributed by atoms with E-state index in [1.54, 1.807) is 40.5 Å². The lowest BCUT2D eigenvalue weighted by Gasteiger charge is -2.41. The van der Waals surface area contributed by atoms with Crippen molar-refractivity contribution in [3.63, 3.8) is 0 Å².